The third-order valence-corrected chi connectivity index (χ3v) is 5.35. The van der Waals surface area contributed by atoms with E-state index in [0.717, 1.165) is 13.0 Å². The van der Waals surface area contributed by atoms with E-state index in [0.29, 0.717) is 5.82 Å². The average Bonchev–Trinajstić information content (AvgIpc) is 3.01. The van der Waals surface area contributed by atoms with Gasteiger partial charge in [-0.2, -0.15) is 0 Å². The van der Waals surface area contributed by atoms with E-state index in [1.165, 1.54) is 83.5 Å². The van der Waals surface area contributed by atoms with Crippen molar-refractivity contribution < 1.29 is 14.5 Å². The van der Waals surface area contributed by atoms with Crippen molar-refractivity contribution in [3.63, 3.8) is 0 Å². The fourth-order valence-electron chi connectivity index (χ4n) is 3.66. The van der Waals surface area contributed by atoms with Gasteiger partial charge < -0.3 is 9.90 Å². The van der Waals surface area contributed by atoms with Crippen molar-refractivity contribution >= 4 is 11.5 Å². The van der Waals surface area contributed by atoms with Gasteiger partial charge in [-0.25, -0.2) is 9.13 Å². The number of rotatable bonds is 17. The van der Waals surface area contributed by atoms with Crippen LogP contribution in [0.25, 0.3) is 5.57 Å². The van der Waals surface area contributed by atoms with E-state index < -0.39 is 5.97 Å². The smallest absolute Gasteiger partial charge is 0.289 e. The number of carbonyl (C=O) groups is 1. The van der Waals surface area contributed by atoms with Gasteiger partial charge in [0.1, 0.15) is 12.4 Å². The summed E-state index contributed by atoms with van der Waals surface area (Å²) in [6, 6.07) is 0. The zero-order valence-corrected chi connectivity index (χ0v) is 17.7. The molecule has 0 fully saturated rings. The van der Waals surface area contributed by atoms with E-state index in [4.69, 9.17) is 0 Å². The van der Waals surface area contributed by atoms with Crippen molar-refractivity contribution in [1.82, 2.24) is 4.57 Å². The standard InChI is InChI=1S/C23H40N2O2/c1-4-5-6-7-8-9-10-11-12-13-14-15-16-17-18-25-20-19-24(3)22(25)21(2)23(26)27/h19-20H,2,4-18H2,1,3H3. The molecular weight excluding hydrogens is 336 g/mol. The van der Waals surface area contributed by atoms with Crippen molar-refractivity contribution in [2.24, 2.45) is 7.05 Å². The van der Waals surface area contributed by atoms with Crippen molar-refractivity contribution in [3.8, 4) is 0 Å². The molecule has 1 aromatic rings. The van der Waals surface area contributed by atoms with E-state index in [9.17, 15) is 9.90 Å². The van der Waals surface area contributed by atoms with Crippen molar-refractivity contribution in [1.29, 1.82) is 0 Å². The molecular formula is C23H40N2O2. The first-order chi connectivity index (χ1) is 13.1. The molecule has 0 amide bonds. The number of aromatic nitrogens is 2. The first-order valence-corrected chi connectivity index (χ1v) is 11.0. The lowest BCUT2D eigenvalue weighted by atomic mass is 10.0. The highest BCUT2D eigenvalue weighted by molar-refractivity contribution is 6.11. The summed E-state index contributed by atoms with van der Waals surface area (Å²) >= 11 is 0. The molecule has 1 heterocycles. The monoisotopic (exact) mass is 376 g/mol. The van der Waals surface area contributed by atoms with Gasteiger partial charge in [-0.1, -0.05) is 90.6 Å². The fourth-order valence-corrected chi connectivity index (χ4v) is 3.66. The number of carboxylic acids is 1. The Hall–Kier alpha value is -1.58. The lowest BCUT2D eigenvalue weighted by Gasteiger charge is -2.06. The summed E-state index contributed by atoms with van der Waals surface area (Å²) in [7, 11) is 1.84. The van der Waals surface area contributed by atoms with Gasteiger partial charge in [0, 0.05) is 0 Å². The summed E-state index contributed by atoms with van der Waals surface area (Å²) in [6.45, 7) is 6.74. The van der Waals surface area contributed by atoms with Crippen molar-refractivity contribution in [3.05, 3.63) is 24.8 Å². The Morgan fingerprint density at radius 1 is 0.926 bits per heavy atom. The Morgan fingerprint density at radius 2 is 1.37 bits per heavy atom. The summed E-state index contributed by atoms with van der Waals surface area (Å²) in [5.74, 6) is -0.573. The molecule has 0 bridgehead atoms. The summed E-state index contributed by atoms with van der Waals surface area (Å²) in [6.07, 6.45) is 22.6. The maximum atomic E-state index is 11.1. The maximum Gasteiger partial charge on any atom is 0.289 e. The maximum absolute atomic E-state index is 11.1. The first-order valence-electron chi connectivity index (χ1n) is 11.0. The third kappa shape index (κ3) is 9.78. The number of aryl methyl sites for hydroxylation is 2. The van der Waals surface area contributed by atoms with Gasteiger partial charge in [-0.3, -0.25) is 0 Å². The number of carbonyl (C=O) groups excluding carboxylic acids is 1. The summed E-state index contributed by atoms with van der Waals surface area (Å²) < 4.78 is 3.76. The highest BCUT2D eigenvalue weighted by atomic mass is 16.4. The van der Waals surface area contributed by atoms with Gasteiger partial charge >= 0.3 is 0 Å². The Kier molecular flexibility index (Phi) is 12.6. The van der Waals surface area contributed by atoms with Crippen LogP contribution in [-0.4, -0.2) is 10.5 Å². The minimum atomic E-state index is -1.20. The number of aliphatic carboxylic acids is 1. The van der Waals surface area contributed by atoms with Crippen LogP contribution in [0.15, 0.2) is 19.0 Å². The molecule has 0 radical (unpaired) electrons. The van der Waals surface area contributed by atoms with Crippen LogP contribution < -0.4 is 9.67 Å². The number of nitrogens with zero attached hydrogens (tertiary/aromatic N) is 2. The topological polar surface area (TPSA) is 48.9 Å². The summed E-state index contributed by atoms with van der Waals surface area (Å²) in [5, 5.41) is 11.1. The van der Waals surface area contributed by atoms with Crippen LogP contribution in [-0.2, 0) is 18.4 Å². The van der Waals surface area contributed by atoms with E-state index in [1.807, 2.05) is 24.0 Å². The second-order valence-electron chi connectivity index (χ2n) is 7.79. The van der Waals surface area contributed by atoms with Gasteiger partial charge in [0.2, 0.25) is 0 Å². The Labute approximate surface area is 166 Å². The molecule has 0 aliphatic carbocycles. The Morgan fingerprint density at radius 3 is 1.81 bits per heavy atom. The SMILES string of the molecule is C=C(C(=O)[O-])c1n(C)cc[n+]1CCCCCCCCCCCCCCCC. The molecule has 1 rings (SSSR count). The Bertz CT molecular complexity index is 549. The summed E-state index contributed by atoms with van der Waals surface area (Å²) in [4.78, 5) is 11.1. The van der Waals surface area contributed by atoms with E-state index in [1.54, 1.807) is 4.57 Å². The molecule has 4 nitrogen and oxygen atoms in total. The van der Waals surface area contributed by atoms with Gasteiger partial charge in [0.05, 0.1) is 25.1 Å². The molecule has 0 saturated heterocycles. The largest absolute Gasteiger partial charge is 0.545 e. The molecule has 0 aromatic carbocycles. The average molecular weight is 377 g/mol. The fraction of sp³-hybridized carbons (Fsp3) is 0.739. The molecule has 154 valence electrons. The molecule has 0 saturated carbocycles. The molecule has 0 aliphatic heterocycles. The molecule has 1 aromatic heterocycles. The molecule has 4 heteroatoms. The number of unbranched alkanes of at least 4 members (excludes halogenated alkanes) is 13. The van der Waals surface area contributed by atoms with Crippen LogP contribution in [0, 0.1) is 0 Å². The van der Waals surface area contributed by atoms with Crippen LogP contribution >= 0.6 is 0 Å². The zero-order chi connectivity index (χ0) is 19.9. The Balaban J connectivity index is 2.01. The minimum absolute atomic E-state index is 0.0489. The second kappa shape index (κ2) is 14.5. The van der Waals surface area contributed by atoms with Crippen LogP contribution in [0.4, 0.5) is 0 Å². The molecule has 27 heavy (non-hydrogen) atoms. The van der Waals surface area contributed by atoms with Gasteiger partial charge in [-0.05, 0) is 12.8 Å². The lowest BCUT2D eigenvalue weighted by molar-refractivity contribution is -0.699. The quantitative estimate of drug-likeness (QED) is 0.227. The minimum Gasteiger partial charge on any atom is -0.545 e. The highest BCUT2D eigenvalue weighted by Gasteiger charge is 2.18. The molecule has 0 unspecified atom stereocenters. The number of hydrogen-bond donors (Lipinski definition) is 0. The van der Waals surface area contributed by atoms with Gasteiger partial charge in [0.25, 0.3) is 5.82 Å². The summed E-state index contributed by atoms with van der Waals surface area (Å²) in [5.41, 5.74) is 0.0489. The molecule has 0 N–H and O–H groups in total. The zero-order valence-electron chi connectivity index (χ0n) is 17.7. The normalized spacial score (nSPS) is 11.0. The van der Waals surface area contributed by atoms with Crippen LogP contribution in [0.2, 0.25) is 0 Å². The number of carboxylic acid groups (broad SMARTS) is 1. The number of imidazole rings is 1. The molecule has 0 spiro atoms. The third-order valence-electron chi connectivity index (χ3n) is 5.35. The predicted molar refractivity (Wildman–Crippen MR) is 110 cm³/mol. The van der Waals surface area contributed by atoms with E-state index in [-0.39, 0.29) is 5.57 Å². The van der Waals surface area contributed by atoms with Crippen molar-refractivity contribution in [2.45, 2.75) is 103 Å². The first kappa shape index (κ1) is 23.5. The van der Waals surface area contributed by atoms with Crippen LogP contribution in [0.5, 0.6) is 0 Å². The second-order valence-corrected chi connectivity index (χ2v) is 7.79. The molecule has 0 aliphatic rings. The molecule has 0 atom stereocenters. The number of hydrogen-bond acceptors (Lipinski definition) is 2. The predicted octanol–water partition coefficient (Wildman–Crippen LogP) is 4.56. The van der Waals surface area contributed by atoms with E-state index in [2.05, 4.69) is 13.5 Å². The van der Waals surface area contributed by atoms with Gasteiger partial charge in [-0.15, -0.1) is 0 Å². The van der Waals surface area contributed by atoms with E-state index >= 15 is 0 Å². The lowest BCUT2D eigenvalue weighted by Crippen LogP contribution is -2.39. The van der Waals surface area contributed by atoms with Gasteiger partial charge in [0.15, 0.2) is 0 Å². The van der Waals surface area contributed by atoms with Crippen molar-refractivity contribution in [2.75, 3.05) is 0 Å². The highest BCUT2D eigenvalue weighted by Crippen LogP contribution is 2.13. The van der Waals surface area contributed by atoms with Crippen LogP contribution in [0.1, 0.15) is 103 Å². The van der Waals surface area contributed by atoms with Crippen LogP contribution in [0.3, 0.4) is 0 Å².